The number of pyridine rings is 1. The third-order valence-electron chi connectivity index (χ3n) is 3.47. The second-order valence-electron chi connectivity index (χ2n) is 5.01. The maximum absolute atomic E-state index is 11.5. The Morgan fingerprint density at radius 1 is 1.32 bits per heavy atom. The number of primary amides is 1. The molecule has 3 N–H and O–H groups in total. The second-order valence-corrected chi connectivity index (χ2v) is 5.42. The van der Waals surface area contributed by atoms with E-state index in [4.69, 9.17) is 17.3 Å². The standard InChI is InChI=1S/C16H15ClN4O/c1-10-4-2-7-14-20-11(9-21(10)14)8-19-13-6-3-5-12(17)15(13)16(18)22/h2-7,9,19H,8H2,1H3,(H2,18,22). The van der Waals surface area contributed by atoms with Crippen LogP contribution in [0.2, 0.25) is 5.02 Å². The molecule has 0 aliphatic carbocycles. The van der Waals surface area contributed by atoms with Crippen LogP contribution in [0.1, 0.15) is 21.7 Å². The van der Waals surface area contributed by atoms with E-state index in [9.17, 15) is 4.79 Å². The van der Waals surface area contributed by atoms with E-state index in [0.29, 0.717) is 22.8 Å². The van der Waals surface area contributed by atoms with Gasteiger partial charge in [-0.05, 0) is 31.2 Å². The smallest absolute Gasteiger partial charge is 0.252 e. The van der Waals surface area contributed by atoms with Gasteiger partial charge in [0.05, 0.1) is 22.8 Å². The average Bonchev–Trinajstić information content (AvgIpc) is 2.89. The molecule has 5 nitrogen and oxygen atoms in total. The Bertz CT molecular complexity index is 856. The van der Waals surface area contributed by atoms with Crippen molar-refractivity contribution in [2.45, 2.75) is 13.5 Å². The summed E-state index contributed by atoms with van der Waals surface area (Å²) >= 11 is 6.03. The molecular formula is C16H15ClN4O. The third kappa shape index (κ3) is 2.63. The number of anilines is 1. The first-order valence-corrected chi connectivity index (χ1v) is 7.20. The van der Waals surface area contributed by atoms with E-state index in [2.05, 4.69) is 10.3 Å². The van der Waals surface area contributed by atoms with Crippen molar-refractivity contribution in [1.29, 1.82) is 0 Å². The molecule has 1 amide bonds. The van der Waals surface area contributed by atoms with Gasteiger partial charge >= 0.3 is 0 Å². The van der Waals surface area contributed by atoms with Gasteiger partial charge in [-0.25, -0.2) is 4.98 Å². The quantitative estimate of drug-likeness (QED) is 0.777. The van der Waals surface area contributed by atoms with Gasteiger partial charge in [0.25, 0.3) is 5.91 Å². The number of carbonyl (C=O) groups excluding carboxylic acids is 1. The molecule has 22 heavy (non-hydrogen) atoms. The average molecular weight is 315 g/mol. The van der Waals surface area contributed by atoms with Crippen molar-refractivity contribution in [1.82, 2.24) is 9.38 Å². The van der Waals surface area contributed by atoms with Crippen LogP contribution in [0.5, 0.6) is 0 Å². The first-order chi connectivity index (χ1) is 10.6. The number of benzene rings is 1. The molecule has 0 aliphatic heterocycles. The molecule has 2 heterocycles. The summed E-state index contributed by atoms with van der Waals surface area (Å²) in [6.45, 7) is 2.50. The molecule has 112 valence electrons. The molecule has 0 bridgehead atoms. The molecule has 0 fully saturated rings. The Hall–Kier alpha value is -2.53. The lowest BCUT2D eigenvalue weighted by molar-refractivity contribution is 0.100. The van der Waals surface area contributed by atoms with Gasteiger partial charge in [-0.2, -0.15) is 0 Å². The number of aromatic nitrogens is 2. The molecule has 1 aromatic carbocycles. The number of rotatable bonds is 4. The summed E-state index contributed by atoms with van der Waals surface area (Å²) in [6, 6.07) is 11.1. The fraction of sp³-hybridized carbons (Fsp3) is 0.125. The molecule has 3 aromatic rings. The summed E-state index contributed by atoms with van der Waals surface area (Å²) < 4.78 is 2.02. The zero-order valence-electron chi connectivity index (χ0n) is 12.0. The summed E-state index contributed by atoms with van der Waals surface area (Å²) in [7, 11) is 0. The van der Waals surface area contributed by atoms with Crippen LogP contribution in [0, 0.1) is 6.92 Å². The van der Waals surface area contributed by atoms with Crippen molar-refractivity contribution in [3.63, 3.8) is 0 Å². The van der Waals surface area contributed by atoms with Gasteiger partial charge < -0.3 is 15.5 Å². The number of aryl methyl sites for hydroxylation is 1. The molecule has 0 saturated heterocycles. The first-order valence-electron chi connectivity index (χ1n) is 6.82. The first kappa shape index (κ1) is 14.4. The van der Waals surface area contributed by atoms with E-state index in [1.165, 1.54) is 0 Å². The summed E-state index contributed by atoms with van der Waals surface area (Å²) in [5.41, 5.74) is 9.14. The molecule has 0 aliphatic rings. The Morgan fingerprint density at radius 3 is 2.82 bits per heavy atom. The Kier molecular flexibility index (Phi) is 3.73. The number of hydrogen-bond donors (Lipinski definition) is 2. The van der Waals surface area contributed by atoms with Gasteiger partial charge in [0.1, 0.15) is 5.65 Å². The number of hydrogen-bond acceptors (Lipinski definition) is 3. The predicted molar refractivity (Wildman–Crippen MR) is 87.2 cm³/mol. The van der Waals surface area contributed by atoms with E-state index in [1.54, 1.807) is 18.2 Å². The van der Waals surface area contributed by atoms with Crippen LogP contribution in [0.25, 0.3) is 5.65 Å². The zero-order valence-corrected chi connectivity index (χ0v) is 12.8. The van der Waals surface area contributed by atoms with Crippen molar-refractivity contribution in [2.24, 2.45) is 5.73 Å². The van der Waals surface area contributed by atoms with E-state index in [1.807, 2.05) is 35.7 Å². The fourth-order valence-corrected chi connectivity index (χ4v) is 2.66. The number of amides is 1. The summed E-state index contributed by atoms with van der Waals surface area (Å²) in [5.74, 6) is -0.557. The van der Waals surface area contributed by atoms with Crippen molar-refractivity contribution in [2.75, 3.05) is 5.32 Å². The number of fused-ring (bicyclic) bond motifs is 1. The van der Waals surface area contributed by atoms with Crippen LogP contribution in [-0.2, 0) is 6.54 Å². The van der Waals surface area contributed by atoms with Gasteiger partial charge in [-0.1, -0.05) is 23.7 Å². The number of imidazole rings is 1. The lowest BCUT2D eigenvalue weighted by Crippen LogP contribution is -2.15. The number of carbonyl (C=O) groups is 1. The highest BCUT2D eigenvalue weighted by Gasteiger charge is 2.12. The van der Waals surface area contributed by atoms with Gasteiger partial charge in [0, 0.05) is 17.6 Å². The van der Waals surface area contributed by atoms with Gasteiger partial charge in [0.2, 0.25) is 0 Å². The van der Waals surface area contributed by atoms with Crippen LogP contribution in [0.15, 0.2) is 42.6 Å². The van der Waals surface area contributed by atoms with E-state index in [-0.39, 0.29) is 0 Å². The molecule has 0 radical (unpaired) electrons. The number of nitrogens with two attached hydrogens (primary N) is 1. The van der Waals surface area contributed by atoms with Crippen molar-refractivity contribution >= 4 is 28.8 Å². The van der Waals surface area contributed by atoms with E-state index < -0.39 is 5.91 Å². The molecule has 0 spiro atoms. The normalized spacial score (nSPS) is 10.8. The maximum atomic E-state index is 11.5. The second kappa shape index (κ2) is 5.69. The predicted octanol–water partition coefficient (Wildman–Crippen LogP) is 3.01. The minimum atomic E-state index is -0.557. The SMILES string of the molecule is Cc1cccc2nc(CNc3cccc(Cl)c3C(N)=O)cn12. The minimum Gasteiger partial charge on any atom is -0.379 e. The van der Waals surface area contributed by atoms with Crippen molar-refractivity contribution in [3.8, 4) is 0 Å². The van der Waals surface area contributed by atoms with Crippen LogP contribution in [-0.4, -0.2) is 15.3 Å². The van der Waals surface area contributed by atoms with Crippen molar-refractivity contribution < 1.29 is 4.79 Å². The lowest BCUT2D eigenvalue weighted by Gasteiger charge is -2.10. The third-order valence-corrected chi connectivity index (χ3v) is 3.78. The van der Waals surface area contributed by atoms with Gasteiger partial charge in [0.15, 0.2) is 0 Å². The van der Waals surface area contributed by atoms with Crippen molar-refractivity contribution in [3.05, 3.63) is 64.6 Å². The Morgan fingerprint density at radius 2 is 2.09 bits per heavy atom. The minimum absolute atomic E-state index is 0.295. The molecular weight excluding hydrogens is 300 g/mol. The molecule has 6 heteroatoms. The highest BCUT2D eigenvalue weighted by atomic mass is 35.5. The Balaban J connectivity index is 1.87. The number of nitrogens with zero attached hydrogens (tertiary/aromatic N) is 2. The van der Waals surface area contributed by atoms with Crippen LogP contribution >= 0.6 is 11.6 Å². The molecule has 3 rings (SSSR count). The topological polar surface area (TPSA) is 72.4 Å². The zero-order chi connectivity index (χ0) is 15.7. The fourth-order valence-electron chi connectivity index (χ4n) is 2.39. The van der Waals surface area contributed by atoms with Crippen LogP contribution in [0.4, 0.5) is 5.69 Å². The molecule has 0 saturated carbocycles. The van der Waals surface area contributed by atoms with Gasteiger partial charge in [-0.15, -0.1) is 0 Å². The highest BCUT2D eigenvalue weighted by Crippen LogP contribution is 2.24. The molecule has 0 atom stereocenters. The number of nitrogens with one attached hydrogen (secondary N) is 1. The van der Waals surface area contributed by atoms with E-state index >= 15 is 0 Å². The maximum Gasteiger partial charge on any atom is 0.252 e. The number of halogens is 1. The highest BCUT2D eigenvalue weighted by molar-refractivity contribution is 6.34. The summed E-state index contributed by atoms with van der Waals surface area (Å²) in [5, 5.41) is 3.51. The largest absolute Gasteiger partial charge is 0.379 e. The van der Waals surface area contributed by atoms with Gasteiger partial charge in [-0.3, -0.25) is 4.79 Å². The molecule has 0 unspecified atom stereocenters. The summed E-state index contributed by atoms with van der Waals surface area (Å²) in [6.07, 6.45) is 1.96. The summed E-state index contributed by atoms with van der Waals surface area (Å²) in [4.78, 5) is 16.1. The lowest BCUT2D eigenvalue weighted by atomic mass is 10.1. The molecule has 2 aromatic heterocycles. The van der Waals surface area contributed by atoms with Crippen LogP contribution in [0.3, 0.4) is 0 Å². The van der Waals surface area contributed by atoms with Crippen LogP contribution < -0.4 is 11.1 Å². The Labute approximate surface area is 132 Å². The monoisotopic (exact) mass is 314 g/mol. The van der Waals surface area contributed by atoms with E-state index in [0.717, 1.165) is 17.0 Å².